The number of fused-ring (bicyclic) bond motifs is 1. The van der Waals surface area contributed by atoms with Gasteiger partial charge in [0.15, 0.2) is 5.65 Å². The molecule has 30 heavy (non-hydrogen) atoms. The minimum absolute atomic E-state index is 0.139. The fourth-order valence-corrected chi connectivity index (χ4v) is 3.47. The molecule has 0 spiro atoms. The molecule has 0 saturated carbocycles. The number of benzene rings is 1. The van der Waals surface area contributed by atoms with Crippen molar-refractivity contribution in [2.75, 3.05) is 13.2 Å². The highest BCUT2D eigenvalue weighted by Crippen LogP contribution is 2.26. The number of hydrogen-bond acceptors (Lipinski definition) is 8. The lowest BCUT2D eigenvalue weighted by Gasteiger charge is -2.08. The number of esters is 2. The molecular formula is C21H18N2O6S. The molecule has 1 aromatic carbocycles. The predicted molar refractivity (Wildman–Crippen MR) is 110 cm³/mol. The molecule has 0 aliphatic rings. The van der Waals surface area contributed by atoms with Crippen LogP contribution in [0.15, 0.2) is 58.5 Å². The van der Waals surface area contributed by atoms with E-state index in [9.17, 15) is 19.2 Å². The van der Waals surface area contributed by atoms with Gasteiger partial charge in [-0.05, 0) is 62.0 Å². The van der Waals surface area contributed by atoms with E-state index in [-0.39, 0.29) is 29.5 Å². The zero-order chi connectivity index (χ0) is 21.7. The van der Waals surface area contributed by atoms with Crippen molar-refractivity contribution in [3.05, 3.63) is 75.8 Å². The second-order valence-electron chi connectivity index (χ2n) is 5.95. The number of aromatic nitrogens is 2. The maximum Gasteiger partial charge on any atom is 0.345 e. The Balaban J connectivity index is 1.88. The van der Waals surface area contributed by atoms with Gasteiger partial charge in [-0.2, -0.15) is 0 Å². The number of hydrogen-bond donors (Lipinski definition) is 0. The molecule has 0 aliphatic carbocycles. The second kappa shape index (κ2) is 9.36. The summed E-state index contributed by atoms with van der Waals surface area (Å²) >= 11 is 0.890. The Kier molecular flexibility index (Phi) is 6.63. The number of carbonyl (C=O) groups is 3. The van der Waals surface area contributed by atoms with Gasteiger partial charge < -0.3 is 9.47 Å². The van der Waals surface area contributed by atoms with Crippen LogP contribution in [0.5, 0.6) is 0 Å². The molecule has 0 saturated heterocycles. The number of thioether (sulfide) groups is 1. The standard InChI is InChI=1S/C21H18N2O6S/c1-3-28-19(25)13-7-9-14(10-8-13)21(27)30-16-6-5-11-23-17(16)22-12-15(18(23)24)20(26)29-4-2/h5-12H,3-4H2,1-2H3. The van der Waals surface area contributed by atoms with Crippen LogP contribution in [0.1, 0.15) is 44.9 Å². The van der Waals surface area contributed by atoms with Gasteiger partial charge in [-0.15, -0.1) is 0 Å². The van der Waals surface area contributed by atoms with E-state index >= 15 is 0 Å². The first-order valence-electron chi connectivity index (χ1n) is 9.13. The Morgan fingerprint density at radius 1 is 0.967 bits per heavy atom. The lowest BCUT2D eigenvalue weighted by atomic mass is 10.1. The largest absolute Gasteiger partial charge is 0.462 e. The summed E-state index contributed by atoms with van der Waals surface area (Å²) in [7, 11) is 0. The molecule has 0 amide bonds. The van der Waals surface area contributed by atoms with Gasteiger partial charge in [-0.25, -0.2) is 14.6 Å². The summed E-state index contributed by atoms with van der Waals surface area (Å²) < 4.78 is 11.0. The van der Waals surface area contributed by atoms with E-state index in [2.05, 4.69) is 4.98 Å². The zero-order valence-electron chi connectivity index (χ0n) is 16.3. The van der Waals surface area contributed by atoms with Gasteiger partial charge in [0.05, 0.1) is 23.7 Å². The first-order valence-corrected chi connectivity index (χ1v) is 9.94. The molecule has 0 atom stereocenters. The van der Waals surface area contributed by atoms with Crippen LogP contribution in [-0.2, 0) is 9.47 Å². The summed E-state index contributed by atoms with van der Waals surface area (Å²) in [4.78, 5) is 53.5. The normalized spacial score (nSPS) is 10.6. The highest BCUT2D eigenvalue weighted by Gasteiger charge is 2.17. The lowest BCUT2D eigenvalue weighted by molar-refractivity contribution is 0.0515. The summed E-state index contributed by atoms with van der Waals surface area (Å²) in [5, 5.41) is -0.290. The molecule has 154 valence electrons. The molecule has 9 heteroatoms. The Morgan fingerprint density at radius 2 is 1.60 bits per heavy atom. The SMILES string of the molecule is CCOC(=O)c1ccc(C(=O)Sc2cccn3c(=O)c(C(=O)OCC)cnc23)cc1. The van der Waals surface area contributed by atoms with Crippen molar-refractivity contribution in [3.8, 4) is 0 Å². The van der Waals surface area contributed by atoms with Gasteiger partial charge in [0.2, 0.25) is 5.12 Å². The van der Waals surface area contributed by atoms with Crippen molar-refractivity contribution in [2.45, 2.75) is 18.7 Å². The van der Waals surface area contributed by atoms with E-state index in [4.69, 9.17) is 9.47 Å². The van der Waals surface area contributed by atoms with Crippen molar-refractivity contribution >= 4 is 34.5 Å². The third kappa shape index (κ3) is 4.41. The molecule has 2 aromatic heterocycles. The van der Waals surface area contributed by atoms with Crippen LogP contribution in [0, 0.1) is 0 Å². The van der Waals surface area contributed by atoms with Crippen LogP contribution in [0.2, 0.25) is 0 Å². The molecule has 0 bridgehead atoms. The maximum absolute atomic E-state index is 12.7. The quantitative estimate of drug-likeness (QED) is 0.438. The van der Waals surface area contributed by atoms with Crippen LogP contribution in [-0.4, -0.2) is 39.7 Å². The fourth-order valence-electron chi connectivity index (χ4n) is 2.62. The Bertz CT molecular complexity index is 1170. The van der Waals surface area contributed by atoms with Crippen LogP contribution in [0.4, 0.5) is 0 Å². The van der Waals surface area contributed by atoms with Gasteiger partial charge in [0.25, 0.3) is 5.56 Å². The molecule has 0 radical (unpaired) electrons. The van der Waals surface area contributed by atoms with Crippen LogP contribution in [0.25, 0.3) is 5.65 Å². The minimum atomic E-state index is -0.750. The average molecular weight is 426 g/mol. The van der Waals surface area contributed by atoms with Crippen molar-refractivity contribution < 1.29 is 23.9 Å². The molecule has 0 unspecified atom stereocenters. The highest BCUT2D eigenvalue weighted by atomic mass is 32.2. The molecule has 3 rings (SSSR count). The molecule has 0 fully saturated rings. The third-order valence-electron chi connectivity index (χ3n) is 4.03. The molecule has 8 nitrogen and oxygen atoms in total. The van der Waals surface area contributed by atoms with Crippen molar-refractivity contribution in [1.29, 1.82) is 0 Å². The molecule has 0 N–H and O–H groups in total. The van der Waals surface area contributed by atoms with E-state index in [1.165, 1.54) is 34.9 Å². The number of carbonyl (C=O) groups excluding carboxylic acids is 3. The smallest absolute Gasteiger partial charge is 0.345 e. The number of rotatable bonds is 6. The second-order valence-corrected chi connectivity index (χ2v) is 6.97. The Hall–Kier alpha value is -3.46. The van der Waals surface area contributed by atoms with Gasteiger partial charge in [-0.3, -0.25) is 14.0 Å². The third-order valence-corrected chi connectivity index (χ3v) is 4.99. The lowest BCUT2D eigenvalue weighted by Crippen LogP contribution is -2.24. The van der Waals surface area contributed by atoms with Crippen molar-refractivity contribution in [1.82, 2.24) is 9.38 Å². The highest BCUT2D eigenvalue weighted by molar-refractivity contribution is 8.14. The molecular weight excluding hydrogens is 408 g/mol. The fraction of sp³-hybridized carbons (Fsp3) is 0.190. The van der Waals surface area contributed by atoms with E-state index in [1.807, 2.05) is 0 Å². The first kappa shape index (κ1) is 21.3. The summed E-state index contributed by atoms with van der Waals surface area (Å²) in [6.45, 7) is 3.76. The van der Waals surface area contributed by atoms with Crippen LogP contribution < -0.4 is 5.56 Å². The monoisotopic (exact) mass is 426 g/mol. The Morgan fingerprint density at radius 3 is 2.27 bits per heavy atom. The van der Waals surface area contributed by atoms with Gasteiger partial charge >= 0.3 is 11.9 Å². The van der Waals surface area contributed by atoms with E-state index in [0.717, 1.165) is 18.0 Å². The number of ether oxygens (including phenoxy) is 2. The number of nitrogens with zero attached hydrogens (tertiary/aromatic N) is 2. The first-order chi connectivity index (χ1) is 14.5. The van der Waals surface area contributed by atoms with E-state index in [1.54, 1.807) is 26.0 Å². The van der Waals surface area contributed by atoms with Gasteiger partial charge in [0.1, 0.15) is 5.56 Å². The predicted octanol–water partition coefficient (Wildman–Crippen LogP) is 2.98. The molecule has 2 heterocycles. The van der Waals surface area contributed by atoms with E-state index in [0.29, 0.717) is 16.0 Å². The zero-order valence-corrected chi connectivity index (χ0v) is 17.1. The number of pyridine rings is 1. The summed E-state index contributed by atoms with van der Waals surface area (Å²) in [6.07, 6.45) is 2.62. The van der Waals surface area contributed by atoms with Crippen LogP contribution >= 0.6 is 11.8 Å². The summed E-state index contributed by atoms with van der Waals surface area (Å²) in [5.41, 5.74) is 0.213. The van der Waals surface area contributed by atoms with Crippen LogP contribution in [0.3, 0.4) is 0 Å². The minimum Gasteiger partial charge on any atom is -0.462 e. The molecule has 0 aliphatic heterocycles. The topological polar surface area (TPSA) is 104 Å². The summed E-state index contributed by atoms with van der Waals surface area (Å²) in [6, 6.07) is 9.34. The van der Waals surface area contributed by atoms with Crippen molar-refractivity contribution in [3.63, 3.8) is 0 Å². The van der Waals surface area contributed by atoms with Gasteiger partial charge in [0, 0.05) is 18.0 Å². The van der Waals surface area contributed by atoms with Gasteiger partial charge in [-0.1, -0.05) is 0 Å². The average Bonchev–Trinajstić information content (AvgIpc) is 2.75. The Labute approximate surface area is 175 Å². The summed E-state index contributed by atoms with van der Waals surface area (Å²) in [5.74, 6) is -1.21. The van der Waals surface area contributed by atoms with E-state index < -0.39 is 17.5 Å². The maximum atomic E-state index is 12.7. The van der Waals surface area contributed by atoms with Crippen molar-refractivity contribution in [2.24, 2.45) is 0 Å². The molecule has 3 aromatic rings.